The van der Waals surface area contributed by atoms with Crippen LogP contribution in [0.4, 0.5) is 5.69 Å². The zero-order valence-electron chi connectivity index (χ0n) is 21.4. The predicted molar refractivity (Wildman–Crippen MR) is 135 cm³/mol. The van der Waals surface area contributed by atoms with E-state index in [-0.39, 0.29) is 11.1 Å². The Balaban J connectivity index is 0.000000595. The molecule has 6 rings (SSSR count). The Bertz CT molecular complexity index is 1690. The minimum atomic E-state index is -4.94. The molecule has 202 valence electrons. The summed E-state index contributed by atoms with van der Waals surface area (Å²) >= 11 is 0. The highest BCUT2D eigenvalue weighted by Crippen LogP contribution is 2.42. The molecular formula is C30H23ClN2O7. The average molecular weight is 559 g/mol. The first-order valence-electron chi connectivity index (χ1n) is 12.2. The number of furan rings is 1. The van der Waals surface area contributed by atoms with Crippen molar-refractivity contribution in [1.29, 1.82) is 0 Å². The number of fused-ring (bicyclic) bond motifs is 3. The highest BCUT2D eigenvalue weighted by Gasteiger charge is 2.45. The maximum Gasteiger partial charge on any atom is 0.269 e. The molecule has 1 aliphatic heterocycles. The third kappa shape index (κ3) is 5.37. The van der Waals surface area contributed by atoms with Gasteiger partial charge in [0.2, 0.25) is 11.4 Å². The molecule has 0 radical (unpaired) electrons. The molecule has 0 unspecified atom stereocenters. The van der Waals surface area contributed by atoms with Gasteiger partial charge in [-0.25, -0.2) is 18.6 Å². The van der Waals surface area contributed by atoms with Crippen LogP contribution in [0.25, 0.3) is 39.6 Å². The second kappa shape index (κ2) is 10.3. The minimum absolute atomic E-state index is 0.0606. The van der Waals surface area contributed by atoms with Crippen molar-refractivity contribution in [1.82, 2.24) is 0 Å². The lowest BCUT2D eigenvalue weighted by atomic mass is 9.83. The third-order valence-corrected chi connectivity index (χ3v) is 6.85. The number of rotatable bonds is 4. The van der Waals surface area contributed by atoms with Crippen molar-refractivity contribution in [3.8, 4) is 39.6 Å². The van der Waals surface area contributed by atoms with Crippen LogP contribution < -0.4 is 23.2 Å². The van der Waals surface area contributed by atoms with Crippen LogP contribution in [0.5, 0.6) is 0 Å². The van der Waals surface area contributed by atoms with Crippen molar-refractivity contribution in [3.05, 3.63) is 124 Å². The first-order valence-corrected chi connectivity index (χ1v) is 13.4. The molecule has 40 heavy (non-hydrogen) atoms. The first-order chi connectivity index (χ1) is 18.9. The van der Waals surface area contributed by atoms with Crippen LogP contribution in [-0.2, 0) is 5.41 Å². The number of nitro benzene ring substituents is 1. The maximum atomic E-state index is 11.0. The summed E-state index contributed by atoms with van der Waals surface area (Å²) < 4.78 is 42.6. The van der Waals surface area contributed by atoms with Crippen molar-refractivity contribution in [3.63, 3.8) is 0 Å². The van der Waals surface area contributed by atoms with Gasteiger partial charge in [-0.15, -0.1) is 10.2 Å². The van der Waals surface area contributed by atoms with E-state index in [1.165, 1.54) is 29.1 Å². The normalized spacial score (nSPS) is 13.2. The van der Waals surface area contributed by atoms with Crippen molar-refractivity contribution >= 4 is 5.69 Å². The van der Waals surface area contributed by atoms with E-state index in [0.29, 0.717) is 5.76 Å². The number of non-ortho nitro benzene ring substituents is 1. The Morgan fingerprint density at radius 3 is 1.93 bits per heavy atom. The Kier molecular flexibility index (Phi) is 7.01. The van der Waals surface area contributed by atoms with Crippen molar-refractivity contribution < 1.29 is 42.8 Å². The van der Waals surface area contributed by atoms with Gasteiger partial charge in [-0.3, -0.25) is 10.1 Å². The SMILES string of the molecule is CC1(C)c2ccccc2-[n+]2c(-c3ccccc3)cc(-c3ccc(-c4ccc([N+](=O)[O-])cc4)o3)cc21.[O-][Cl+3]([O-])([O-])[O-]. The maximum absolute atomic E-state index is 11.0. The number of halogens is 1. The number of hydrogen-bond donors (Lipinski definition) is 0. The van der Waals surface area contributed by atoms with E-state index in [9.17, 15) is 10.1 Å². The number of aromatic nitrogens is 1. The smallest absolute Gasteiger partial charge is 0.269 e. The summed E-state index contributed by atoms with van der Waals surface area (Å²) in [6.45, 7) is 4.52. The highest BCUT2D eigenvalue weighted by atomic mass is 35.7. The monoisotopic (exact) mass is 558 g/mol. The lowest BCUT2D eigenvalue weighted by molar-refractivity contribution is -2.00. The first kappa shape index (κ1) is 27.2. The molecule has 2 aromatic heterocycles. The largest absolute Gasteiger partial charge is 0.456 e. The molecule has 1 aliphatic rings. The third-order valence-electron chi connectivity index (χ3n) is 6.85. The molecule has 9 nitrogen and oxygen atoms in total. The van der Waals surface area contributed by atoms with Crippen LogP contribution in [0.1, 0.15) is 25.1 Å². The molecule has 0 amide bonds. The molecule has 0 saturated carbocycles. The Morgan fingerprint density at radius 2 is 1.30 bits per heavy atom. The van der Waals surface area contributed by atoms with Gasteiger partial charge in [0.15, 0.2) is 5.69 Å². The summed E-state index contributed by atoms with van der Waals surface area (Å²) in [6.07, 6.45) is 0. The summed E-state index contributed by atoms with van der Waals surface area (Å²) in [6, 6.07) is 33.7. The fraction of sp³-hybridized carbons (Fsp3) is 0.100. The second-order valence-electron chi connectivity index (χ2n) is 9.70. The second-order valence-corrected chi connectivity index (χ2v) is 10.5. The summed E-state index contributed by atoms with van der Waals surface area (Å²) in [7, 11) is -4.94. The number of benzene rings is 3. The van der Waals surface area contributed by atoms with E-state index in [4.69, 9.17) is 23.1 Å². The van der Waals surface area contributed by atoms with Gasteiger partial charge in [0, 0.05) is 52.6 Å². The lowest BCUT2D eigenvalue weighted by Crippen LogP contribution is -2.68. The molecule has 0 bridgehead atoms. The summed E-state index contributed by atoms with van der Waals surface area (Å²) in [5.41, 5.74) is 7.59. The van der Waals surface area contributed by atoms with Gasteiger partial charge in [0.05, 0.1) is 10.3 Å². The molecule has 3 aromatic carbocycles. The zero-order chi connectivity index (χ0) is 28.7. The quantitative estimate of drug-likeness (QED) is 0.186. The molecule has 5 aromatic rings. The summed E-state index contributed by atoms with van der Waals surface area (Å²) in [5.74, 6) is 1.43. The summed E-state index contributed by atoms with van der Waals surface area (Å²) in [5, 5.41) is 11.0. The highest BCUT2D eigenvalue weighted by molar-refractivity contribution is 5.71. The number of nitro groups is 1. The van der Waals surface area contributed by atoms with Gasteiger partial charge in [-0.05, 0) is 50.2 Å². The Morgan fingerprint density at radius 1 is 0.725 bits per heavy atom. The van der Waals surface area contributed by atoms with E-state index < -0.39 is 15.2 Å². The topological polar surface area (TPSA) is 152 Å². The van der Waals surface area contributed by atoms with E-state index in [1.807, 2.05) is 18.2 Å². The molecule has 0 N–H and O–H groups in total. The van der Waals surface area contributed by atoms with Gasteiger partial charge in [0.25, 0.3) is 5.69 Å². The molecule has 0 aliphatic carbocycles. The van der Waals surface area contributed by atoms with E-state index >= 15 is 0 Å². The molecule has 3 heterocycles. The van der Waals surface area contributed by atoms with Crippen molar-refractivity contribution in [2.24, 2.45) is 0 Å². The van der Waals surface area contributed by atoms with Crippen molar-refractivity contribution in [2.75, 3.05) is 0 Å². The van der Waals surface area contributed by atoms with Crippen LogP contribution >= 0.6 is 0 Å². The van der Waals surface area contributed by atoms with E-state index in [2.05, 4.69) is 79.1 Å². The van der Waals surface area contributed by atoms with Gasteiger partial charge in [0.1, 0.15) is 11.5 Å². The van der Waals surface area contributed by atoms with Crippen LogP contribution in [0.2, 0.25) is 0 Å². The van der Waals surface area contributed by atoms with Gasteiger partial charge in [-0.1, -0.05) is 36.4 Å². The number of hydrogen-bond acceptors (Lipinski definition) is 7. The molecule has 10 heteroatoms. The van der Waals surface area contributed by atoms with E-state index in [0.717, 1.165) is 28.1 Å². The van der Waals surface area contributed by atoms with Crippen LogP contribution in [0, 0.1) is 20.4 Å². The molecule has 0 fully saturated rings. The standard InChI is InChI=1S/C30H23N2O3.ClHO4/c1-30(2)24-10-6-7-11-25(24)31-26(20-8-4-3-5-9-20)18-22(19-29(30)31)28-17-16-27(35-28)21-12-14-23(15-13-21)32(33)34;2-1(3,4)5/h3-19H,1-2H3;(H,2,3,4,5)/q+1;/p-1. The zero-order valence-corrected chi connectivity index (χ0v) is 22.2. The Labute approximate surface area is 231 Å². The fourth-order valence-corrected chi connectivity index (χ4v) is 5.01. The summed E-state index contributed by atoms with van der Waals surface area (Å²) in [4.78, 5) is 10.6. The Hall–Kier alpha value is -4.38. The minimum Gasteiger partial charge on any atom is -0.456 e. The predicted octanol–water partition coefficient (Wildman–Crippen LogP) is 2.35. The number of pyridine rings is 1. The van der Waals surface area contributed by atoms with Crippen LogP contribution in [0.15, 0.2) is 108 Å². The number of nitrogens with zero attached hydrogens (tertiary/aromatic N) is 2. The fourth-order valence-electron chi connectivity index (χ4n) is 5.01. The lowest BCUT2D eigenvalue weighted by Gasteiger charge is -2.17. The molecule has 0 saturated heterocycles. The van der Waals surface area contributed by atoms with E-state index in [1.54, 1.807) is 12.1 Å². The van der Waals surface area contributed by atoms with Gasteiger partial charge < -0.3 is 4.42 Å². The van der Waals surface area contributed by atoms with Crippen molar-refractivity contribution in [2.45, 2.75) is 19.3 Å². The van der Waals surface area contributed by atoms with Crippen LogP contribution in [-0.4, -0.2) is 4.92 Å². The average Bonchev–Trinajstić information content (AvgIpc) is 3.50. The van der Waals surface area contributed by atoms with Gasteiger partial charge in [-0.2, -0.15) is 4.57 Å². The molecule has 0 spiro atoms. The molecular weight excluding hydrogens is 536 g/mol. The van der Waals surface area contributed by atoms with Gasteiger partial charge >= 0.3 is 0 Å². The number of para-hydroxylation sites is 1. The molecule has 0 atom stereocenters. The van der Waals surface area contributed by atoms with Crippen LogP contribution in [0.3, 0.4) is 0 Å².